The van der Waals surface area contributed by atoms with Crippen LogP contribution in [0.1, 0.15) is 6.92 Å². The summed E-state index contributed by atoms with van der Waals surface area (Å²) in [7, 11) is -3.88. The van der Waals surface area contributed by atoms with E-state index in [1.54, 1.807) is 24.3 Å². The summed E-state index contributed by atoms with van der Waals surface area (Å²) in [6.45, 7) is 1.36. The molecule has 0 radical (unpaired) electrons. The van der Waals surface area contributed by atoms with Gasteiger partial charge in [-0.3, -0.25) is 4.28 Å². The minimum atomic E-state index is -3.88. The van der Waals surface area contributed by atoms with Gasteiger partial charge in [0.1, 0.15) is 16.8 Å². The average molecular weight is 257 g/mol. The van der Waals surface area contributed by atoms with Crippen molar-refractivity contribution in [2.45, 2.75) is 13.0 Å². The number of aromatic nitrogens is 3. The van der Waals surface area contributed by atoms with Crippen molar-refractivity contribution in [3.05, 3.63) is 24.3 Å². The average Bonchev–Trinajstić information content (AvgIpc) is 2.59. The third-order valence-electron chi connectivity index (χ3n) is 1.95. The number of para-hydroxylation sites is 1. The van der Waals surface area contributed by atoms with Crippen molar-refractivity contribution in [1.29, 1.82) is 0 Å². The van der Waals surface area contributed by atoms with Gasteiger partial charge in [0.15, 0.2) is 0 Å². The van der Waals surface area contributed by atoms with E-state index in [1.807, 2.05) is 0 Å². The first kappa shape index (κ1) is 11.8. The van der Waals surface area contributed by atoms with E-state index >= 15 is 0 Å². The Balaban J connectivity index is 2.30. The van der Waals surface area contributed by atoms with Crippen LogP contribution >= 0.6 is 0 Å². The normalized spacial score (nSPS) is 13.8. The minimum Gasteiger partial charge on any atom is -0.392 e. The first-order chi connectivity index (χ1) is 7.98. The van der Waals surface area contributed by atoms with E-state index < -0.39 is 22.0 Å². The number of hydrogen-bond acceptors (Lipinski definition) is 6. The summed E-state index contributed by atoms with van der Waals surface area (Å²) in [6, 6.07) is 6.79. The highest BCUT2D eigenvalue weighted by molar-refractivity contribution is 7.86. The summed E-state index contributed by atoms with van der Waals surface area (Å²) in [5, 5.41) is 16.3. The Bertz CT molecular complexity index is 620. The topological polar surface area (TPSA) is 94.3 Å². The van der Waals surface area contributed by atoms with Gasteiger partial charge in [-0.25, -0.2) is 0 Å². The zero-order valence-corrected chi connectivity index (χ0v) is 9.83. The van der Waals surface area contributed by atoms with Gasteiger partial charge in [-0.1, -0.05) is 17.0 Å². The molecule has 1 unspecified atom stereocenters. The molecule has 1 atom stereocenters. The zero-order chi connectivity index (χ0) is 12.5. The minimum absolute atomic E-state index is 0.446. The van der Waals surface area contributed by atoms with E-state index in [2.05, 4.69) is 10.3 Å². The Morgan fingerprint density at radius 2 is 2.18 bits per heavy atom. The molecule has 1 aromatic heterocycles. The van der Waals surface area contributed by atoms with E-state index in [0.717, 1.165) is 4.85 Å². The fourth-order valence-corrected chi connectivity index (χ4v) is 2.31. The van der Waals surface area contributed by atoms with Gasteiger partial charge < -0.3 is 5.11 Å². The molecule has 1 N–H and O–H groups in total. The highest BCUT2D eigenvalue weighted by Gasteiger charge is 2.18. The lowest BCUT2D eigenvalue weighted by atomic mass is 10.3. The molecule has 8 heteroatoms. The Hall–Kier alpha value is -1.67. The monoisotopic (exact) mass is 257 g/mol. The quantitative estimate of drug-likeness (QED) is 0.798. The van der Waals surface area contributed by atoms with Gasteiger partial charge in [-0.05, 0) is 24.3 Å². The first-order valence-electron chi connectivity index (χ1n) is 4.89. The Morgan fingerprint density at radius 3 is 2.88 bits per heavy atom. The van der Waals surface area contributed by atoms with Crippen molar-refractivity contribution in [3.63, 3.8) is 0 Å². The molecule has 0 saturated heterocycles. The van der Waals surface area contributed by atoms with Crippen LogP contribution in [0, 0.1) is 0 Å². The number of hydrogen-bond donors (Lipinski definition) is 1. The summed E-state index contributed by atoms with van der Waals surface area (Å²) >= 11 is 0. The lowest BCUT2D eigenvalue weighted by Crippen LogP contribution is -2.28. The number of fused-ring (bicyclic) bond motifs is 1. The first-order valence-corrected chi connectivity index (χ1v) is 6.47. The van der Waals surface area contributed by atoms with Gasteiger partial charge >= 0.3 is 10.1 Å². The van der Waals surface area contributed by atoms with Crippen molar-refractivity contribution in [2.24, 2.45) is 0 Å². The van der Waals surface area contributed by atoms with Crippen LogP contribution in [0.2, 0.25) is 0 Å². The molecule has 1 heterocycles. The zero-order valence-electron chi connectivity index (χ0n) is 9.02. The predicted octanol–water partition coefficient (Wildman–Crippen LogP) is -0.429. The maximum Gasteiger partial charge on any atom is 0.331 e. The molecule has 92 valence electrons. The molecule has 0 spiro atoms. The molecule has 0 amide bonds. The SMILES string of the molecule is CC(O)CS(=O)(=O)On1nnc2ccccc21. The summed E-state index contributed by atoms with van der Waals surface area (Å²) in [5.41, 5.74) is 0.974. The van der Waals surface area contributed by atoms with Crippen molar-refractivity contribution in [1.82, 2.24) is 15.2 Å². The Morgan fingerprint density at radius 1 is 1.47 bits per heavy atom. The second-order valence-electron chi connectivity index (χ2n) is 3.60. The molecule has 0 saturated carbocycles. The van der Waals surface area contributed by atoms with Gasteiger partial charge in [0.2, 0.25) is 0 Å². The lowest BCUT2D eigenvalue weighted by molar-refractivity contribution is 0.202. The Labute approximate surface area is 97.7 Å². The molecule has 1 aromatic carbocycles. The number of aliphatic hydroxyl groups is 1. The van der Waals surface area contributed by atoms with Gasteiger partial charge in [0, 0.05) is 0 Å². The number of aliphatic hydroxyl groups excluding tert-OH is 1. The maximum atomic E-state index is 11.5. The molecule has 0 aliphatic heterocycles. The summed E-state index contributed by atoms with van der Waals surface area (Å²) < 4.78 is 27.7. The second-order valence-corrected chi connectivity index (χ2v) is 5.20. The van der Waals surface area contributed by atoms with Gasteiger partial charge in [-0.2, -0.15) is 8.42 Å². The van der Waals surface area contributed by atoms with E-state index in [-0.39, 0.29) is 0 Å². The van der Waals surface area contributed by atoms with Gasteiger partial charge in [0.25, 0.3) is 0 Å². The molecule has 0 aliphatic rings. The fourth-order valence-electron chi connectivity index (χ4n) is 1.34. The summed E-state index contributed by atoms with van der Waals surface area (Å²) in [6.07, 6.45) is -1.00. The molecular formula is C9H11N3O4S. The summed E-state index contributed by atoms with van der Waals surface area (Å²) in [5.74, 6) is -0.499. The number of nitrogens with zero attached hydrogens (tertiary/aromatic N) is 3. The van der Waals surface area contributed by atoms with Gasteiger partial charge in [-0.15, -0.1) is 5.10 Å². The van der Waals surface area contributed by atoms with Crippen LogP contribution in [0.3, 0.4) is 0 Å². The van der Waals surface area contributed by atoms with E-state index in [4.69, 9.17) is 9.39 Å². The number of benzene rings is 1. The van der Waals surface area contributed by atoms with Crippen LogP contribution in [0.15, 0.2) is 24.3 Å². The standard InChI is InChI=1S/C9H11N3O4S/c1-7(13)6-17(14,15)16-12-9-5-3-2-4-8(9)10-11-12/h2-5,7,13H,6H2,1H3. The van der Waals surface area contributed by atoms with Crippen molar-refractivity contribution in [3.8, 4) is 0 Å². The third-order valence-corrected chi connectivity index (χ3v) is 3.21. The lowest BCUT2D eigenvalue weighted by Gasteiger charge is -2.06. The van der Waals surface area contributed by atoms with Crippen LogP contribution in [-0.2, 0) is 10.1 Å². The number of rotatable bonds is 4. The molecule has 0 bridgehead atoms. The molecule has 17 heavy (non-hydrogen) atoms. The van der Waals surface area contributed by atoms with Crippen LogP contribution in [0.5, 0.6) is 0 Å². The molecule has 0 fully saturated rings. The molecule has 2 rings (SSSR count). The Kier molecular flexibility index (Phi) is 2.99. The third kappa shape index (κ3) is 2.71. The largest absolute Gasteiger partial charge is 0.392 e. The van der Waals surface area contributed by atoms with E-state index in [0.29, 0.717) is 11.0 Å². The second kappa shape index (κ2) is 4.30. The van der Waals surface area contributed by atoms with Gasteiger partial charge in [0.05, 0.1) is 6.10 Å². The highest BCUT2D eigenvalue weighted by atomic mass is 32.2. The fraction of sp³-hybridized carbons (Fsp3) is 0.333. The maximum absolute atomic E-state index is 11.5. The molecule has 0 aliphatic carbocycles. The molecule has 7 nitrogen and oxygen atoms in total. The smallest absolute Gasteiger partial charge is 0.331 e. The molecule has 2 aromatic rings. The highest BCUT2D eigenvalue weighted by Crippen LogP contribution is 2.09. The summed E-state index contributed by atoms with van der Waals surface area (Å²) in [4.78, 5) is 0.826. The van der Waals surface area contributed by atoms with Crippen LogP contribution in [0.4, 0.5) is 0 Å². The van der Waals surface area contributed by atoms with E-state index in [9.17, 15) is 8.42 Å². The van der Waals surface area contributed by atoms with Crippen LogP contribution in [0.25, 0.3) is 11.0 Å². The van der Waals surface area contributed by atoms with E-state index in [1.165, 1.54) is 6.92 Å². The van der Waals surface area contributed by atoms with Crippen LogP contribution in [-0.4, -0.2) is 40.5 Å². The van der Waals surface area contributed by atoms with Crippen molar-refractivity contribution in [2.75, 3.05) is 5.75 Å². The molecular weight excluding hydrogens is 246 g/mol. The van der Waals surface area contributed by atoms with Crippen molar-refractivity contribution >= 4 is 21.2 Å². The van der Waals surface area contributed by atoms with Crippen LogP contribution < -0.4 is 4.28 Å². The van der Waals surface area contributed by atoms with Crippen molar-refractivity contribution < 1.29 is 17.8 Å². The predicted molar refractivity (Wildman–Crippen MR) is 59.6 cm³/mol.